The Morgan fingerprint density at radius 1 is 1.03 bits per heavy atom. The van der Waals surface area contributed by atoms with Crippen LogP contribution >= 0.6 is 0 Å². The third-order valence-corrected chi connectivity index (χ3v) is 5.87. The van der Waals surface area contributed by atoms with E-state index in [0.717, 1.165) is 63.5 Å². The Labute approximate surface area is 177 Å². The van der Waals surface area contributed by atoms with Crippen molar-refractivity contribution in [3.05, 3.63) is 47.8 Å². The van der Waals surface area contributed by atoms with E-state index >= 15 is 0 Å². The second-order valence-electron chi connectivity index (χ2n) is 7.89. The Hall–Kier alpha value is -2.80. The number of Topliss-reactive ketones (excluding diaryl/α,β-unsaturated/α-hetero) is 1. The number of nitrogens with zero attached hydrogens (tertiary/aromatic N) is 3. The second-order valence-corrected chi connectivity index (χ2v) is 7.89. The summed E-state index contributed by atoms with van der Waals surface area (Å²) in [6, 6.07) is 9.81. The number of H-pyrrole nitrogens is 1. The molecule has 0 atom stereocenters. The normalized spacial score (nSPS) is 17.4. The molecule has 3 heterocycles. The maximum Gasteiger partial charge on any atom is 0.270 e. The van der Waals surface area contributed by atoms with Crippen molar-refractivity contribution in [1.82, 2.24) is 14.8 Å². The van der Waals surface area contributed by atoms with Gasteiger partial charge in [0.15, 0.2) is 5.78 Å². The van der Waals surface area contributed by atoms with E-state index in [9.17, 15) is 9.59 Å². The van der Waals surface area contributed by atoms with Gasteiger partial charge in [0.05, 0.1) is 18.8 Å². The molecule has 2 aromatic rings. The average molecular weight is 411 g/mol. The molecule has 1 amide bonds. The molecule has 2 aliphatic heterocycles. The molecule has 0 aliphatic carbocycles. The van der Waals surface area contributed by atoms with Gasteiger partial charge in [0.2, 0.25) is 0 Å². The third kappa shape index (κ3) is 4.51. The highest BCUT2D eigenvalue weighted by Gasteiger charge is 2.24. The van der Waals surface area contributed by atoms with E-state index < -0.39 is 0 Å². The molecule has 1 aromatic carbocycles. The molecule has 2 fully saturated rings. The SMILES string of the molecule is CCOc1ccccc1N1CCN(CC(=O)c2c[nH]c(C(=O)N3CCCC3)c2)CC1. The van der Waals surface area contributed by atoms with Crippen LogP contribution < -0.4 is 9.64 Å². The van der Waals surface area contributed by atoms with Gasteiger partial charge in [0, 0.05) is 51.0 Å². The summed E-state index contributed by atoms with van der Waals surface area (Å²) in [5.74, 6) is 0.954. The lowest BCUT2D eigenvalue weighted by Gasteiger charge is -2.36. The molecule has 1 aromatic heterocycles. The van der Waals surface area contributed by atoms with Crippen LogP contribution in [-0.4, -0.2) is 78.9 Å². The molecule has 7 nitrogen and oxygen atoms in total. The van der Waals surface area contributed by atoms with Crippen LogP contribution in [0.3, 0.4) is 0 Å². The summed E-state index contributed by atoms with van der Waals surface area (Å²) in [7, 11) is 0. The predicted octanol–water partition coefficient (Wildman–Crippen LogP) is 2.65. The Morgan fingerprint density at radius 2 is 1.77 bits per heavy atom. The van der Waals surface area contributed by atoms with Gasteiger partial charge >= 0.3 is 0 Å². The molecular weight excluding hydrogens is 380 g/mol. The first-order valence-corrected chi connectivity index (χ1v) is 10.9. The first kappa shape index (κ1) is 20.5. The minimum Gasteiger partial charge on any atom is -0.492 e. The van der Waals surface area contributed by atoms with Gasteiger partial charge in [-0.05, 0) is 38.0 Å². The van der Waals surface area contributed by atoms with Crippen molar-refractivity contribution in [2.75, 3.05) is 57.3 Å². The molecular formula is C23H30N4O3. The van der Waals surface area contributed by atoms with Crippen molar-refractivity contribution >= 4 is 17.4 Å². The molecule has 0 radical (unpaired) electrons. The number of ketones is 1. The van der Waals surface area contributed by atoms with Crippen molar-refractivity contribution < 1.29 is 14.3 Å². The van der Waals surface area contributed by atoms with Gasteiger partial charge in [0.1, 0.15) is 11.4 Å². The van der Waals surface area contributed by atoms with Crippen molar-refractivity contribution in [2.24, 2.45) is 0 Å². The van der Waals surface area contributed by atoms with E-state index in [-0.39, 0.29) is 11.7 Å². The number of hydrogen-bond donors (Lipinski definition) is 1. The van der Waals surface area contributed by atoms with Gasteiger partial charge < -0.3 is 19.5 Å². The van der Waals surface area contributed by atoms with Gasteiger partial charge in [-0.25, -0.2) is 0 Å². The van der Waals surface area contributed by atoms with Crippen LogP contribution in [0.5, 0.6) is 5.75 Å². The van der Waals surface area contributed by atoms with E-state index in [2.05, 4.69) is 20.9 Å². The number of para-hydroxylation sites is 2. The molecule has 30 heavy (non-hydrogen) atoms. The summed E-state index contributed by atoms with van der Waals surface area (Å²) in [5.41, 5.74) is 2.21. The number of piperazine rings is 1. The topological polar surface area (TPSA) is 68.9 Å². The number of carbonyl (C=O) groups excluding carboxylic acids is 2. The van der Waals surface area contributed by atoms with Crippen LogP contribution in [0.15, 0.2) is 36.5 Å². The Morgan fingerprint density at radius 3 is 2.50 bits per heavy atom. The number of amides is 1. The molecule has 0 saturated carbocycles. The highest BCUT2D eigenvalue weighted by atomic mass is 16.5. The van der Waals surface area contributed by atoms with Crippen molar-refractivity contribution in [1.29, 1.82) is 0 Å². The van der Waals surface area contributed by atoms with Crippen LogP contribution in [0.4, 0.5) is 5.69 Å². The lowest BCUT2D eigenvalue weighted by atomic mass is 10.1. The lowest BCUT2D eigenvalue weighted by molar-refractivity contribution is 0.0787. The minimum absolute atomic E-state index is 0.00636. The fourth-order valence-electron chi connectivity index (χ4n) is 4.21. The number of likely N-dealkylation sites (tertiary alicyclic amines) is 1. The molecule has 0 bridgehead atoms. The quantitative estimate of drug-likeness (QED) is 0.711. The highest BCUT2D eigenvalue weighted by molar-refractivity contribution is 6.01. The Bertz CT molecular complexity index is 880. The Balaban J connectivity index is 1.31. The zero-order chi connectivity index (χ0) is 20.9. The number of aromatic nitrogens is 1. The fraction of sp³-hybridized carbons (Fsp3) is 0.478. The van der Waals surface area contributed by atoms with Gasteiger partial charge in [-0.1, -0.05) is 12.1 Å². The largest absolute Gasteiger partial charge is 0.492 e. The fourth-order valence-corrected chi connectivity index (χ4v) is 4.21. The smallest absolute Gasteiger partial charge is 0.270 e. The van der Waals surface area contributed by atoms with Gasteiger partial charge in [-0.3, -0.25) is 14.5 Å². The summed E-state index contributed by atoms with van der Waals surface area (Å²) in [5, 5.41) is 0. The third-order valence-electron chi connectivity index (χ3n) is 5.87. The van der Waals surface area contributed by atoms with Gasteiger partial charge in [-0.2, -0.15) is 0 Å². The predicted molar refractivity (Wildman–Crippen MR) is 117 cm³/mol. The van der Waals surface area contributed by atoms with E-state index in [4.69, 9.17) is 4.74 Å². The van der Waals surface area contributed by atoms with Crippen LogP contribution in [0, 0.1) is 0 Å². The van der Waals surface area contributed by atoms with E-state index in [1.54, 1.807) is 12.3 Å². The number of aromatic amines is 1. The van der Waals surface area contributed by atoms with Crippen molar-refractivity contribution in [3.63, 3.8) is 0 Å². The number of benzene rings is 1. The zero-order valence-electron chi connectivity index (χ0n) is 17.6. The molecule has 160 valence electrons. The number of anilines is 1. The molecule has 0 spiro atoms. The van der Waals surface area contributed by atoms with Crippen LogP contribution in [0.2, 0.25) is 0 Å². The number of hydrogen-bond acceptors (Lipinski definition) is 5. The van der Waals surface area contributed by atoms with Gasteiger partial charge in [0.25, 0.3) is 5.91 Å². The first-order chi connectivity index (χ1) is 14.7. The zero-order valence-corrected chi connectivity index (χ0v) is 17.6. The monoisotopic (exact) mass is 410 g/mol. The molecule has 1 N–H and O–H groups in total. The maximum atomic E-state index is 12.7. The summed E-state index contributed by atoms with van der Waals surface area (Å²) >= 11 is 0. The first-order valence-electron chi connectivity index (χ1n) is 10.9. The molecule has 7 heteroatoms. The van der Waals surface area contributed by atoms with E-state index in [1.807, 2.05) is 30.0 Å². The maximum absolute atomic E-state index is 12.7. The summed E-state index contributed by atoms with van der Waals surface area (Å²) in [6.07, 6.45) is 3.78. The standard InChI is InChI=1S/C23H30N4O3/c1-2-30-22-8-4-3-7-20(22)26-13-11-25(12-14-26)17-21(28)18-15-19(24-16-18)23(29)27-9-5-6-10-27/h3-4,7-8,15-16,24H,2,5-6,9-14,17H2,1H3. The van der Waals surface area contributed by atoms with Crippen molar-refractivity contribution in [2.45, 2.75) is 19.8 Å². The Kier molecular flexibility index (Phi) is 6.38. The van der Waals surface area contributed by atoms with Crippen LogP contribution in [0.25, 0.3) is 0 Å². The van der Waals surface area contributed by atoms with Crippen molar-refractivity contribution in [3.8, 4) is 5.75 Å². The van der Waals surface area contributed by atoms with Crippen LogP contribution in [0.1, 0.15) is 40.6 Å². The summed E-state index contributed by atoms with van der Waals surface area (Å²) in [6.45, 7) is 7.94. The average Bonchev–Trinajstić information content (AvgIpc) is 3.47. The number of ether oxygens (including phenoxy) is 1. The van der Waals surface area contributed by atoms with Crippen LogP contribution in [-0.2, 0) is 0 Å². The molecule has 2 saturated heterocycles. The van der Waals surface area contributed by atoms with E-state index in [1.165, 1.54) is 0 Å². The minimum atomic E-state index is -0.00636. The number of rotatable bonds is 7. The summed E-state index contributed by atoms with van der Waals surface area (Å²) in [4.78, 5) is 34.5. The second kappa shape index (κ2) is 9.34. The molecule has 0 unspecified atom stereocenters. The molecule has 4 rings (SSSR count). The van der Waals surface area contributed by atoms with Gasteiger partial charge in [-0.15, -0.1) is 0 Å². The molecule has 2 aliphatic rings. The lowest BCUT2D eigenvalue weighted by Crippen LogP contribution is -2.48. The highest BCUT2D eigenvalue weighted by Crippen LogP contribution is 2.28. The number of nitrogens with one attached hydrogen (secondary N) is 1. The number of carbonyl (C=O) groups is 2. The van der Waals surface area contributed by atoms with E-state index in [0.29, 0.717) is 24.4 Å². The summed E-state index contributed by atoms with van der Waals surface area (Å²) < 4.78 is 5.75.